The third-order valence-electron chi connectivity index (χ3n) is 3.26. The minimum absolute atomic E-state index is 0.0674. The van der Waals surface area contributed by atoms with Crippen molar-refractivity contribution < 1.29 is 27.2 Å². The summed E-state index contributed by atoms with van der Waals surface area (Å²) < 4.78 is 36.1. The molecule has 1 amide bonds. The third-order valence-corrected chi connectivity index (χ3v) is 4.71. The highest BCUT2D eigenvalue weighted by Gasteiger charge is 2.16. The molecule has 0 atom stereocenters. The van der Waals surface area contributed by atoms with Gasteiger partial charge in [-0.2, -0.15) is 5.26 Å². The molecule has 0 bridgehead atoms. The van der Waals surface area contributed by atoms with Gasteiger partial charge in [-0.1, -0.05) is 0 Å². The molecule has 2 aromatic rings. The average Bonchev–Trinajstić information content (AvgIpc) is 3.07. The van der Waals surface area contributed by atoms with Gasteiger partial charge in [0.05, 0.1) is 11.5 Å². The van der Waals surface area contributed by atoms with Crippen molar-refractivity contribution in [3.8, 4) is 17.4 Å². The molecule has 0 aliphatic rings. The summed E-state index contributed by atoms with van der Waals surface area (Å²) >= 11 is 0. The van der Waals surface area contributed by atoms with Crippen LogP contribution in [-0.2, 0) is 24.3 Å². The zero-order chi connectivity index (χ0) is 20.0. The van der Waals surface area contributed by atoms with Crippen molar-refractivity contribution in [2.24, 2.45) is 0 Å². The Kier molecular flexibility index (Phi) is 6.15. The summed E-state index contributed by atoms with van der Waals surface area (Å²) in [6, 6.07) is 10.6. The van der Waals surface area contributed by atoms with Gasteiger partial charge in [-0.25, -0.2) is 17.9 Å². The Morgan fingerprint density at radius 3 is 2.44 bits per heavy atom. The van der Waals surface area contributed by atoms with E-state index >= 15 is 0 Å². The standard InChI is InChI=1S/C18H16N2O6S/c1-3-25-18(22)14(11-19)10-15-6-9-17(26-15)13-4-7-16(8-5-13)27(23,24)20-12(2)21/h4-10H,3H2,1-2H3,(H,20,21)/b14-10+. The molecule has 1 aromatic heterocycles. The highest BCUT2D eigenvalue weighted by atomic mass is 32.2. The van der Waals surface area contributed by atoms with Crippen LogP contribution in [0.1, 0.15) is 19.6 Å². The minimum Gasteiger partial charge on any atom is -0.462 e. The minimum atomic E-state index is -3.91. The topological polar surface area (TPSA) is 126 Å². The first-order chi connectivity index (χ1) is 12.8. The Morgan fingerprint density at radius 1 is 1.22 bits per heavy atom. The Labute approximate surface area is 156 Å². The largest absolute Gasteiger partial charge is 0.462 e. The summed E-state index contributed by atoms with van der Waals surface area (Å²) in [6.07, 6.45) is 1.26. The molecule has 1 N–H and O–H groups in total. The number of nitriles is 1. The molecule has 0 spiro atoms. The number of esters is 1. The monoisotopic (exact) mass is 388 g/mol. The summed E-state index contributed by atoms with van der Waals surface area (Å²) in [6.45, 7) is 2.89. The van der Waals surface area contributed by atoms with Gasteiger partial charge in [0, 0.05) is 18.6 Å². The van der Waals surface area contributed by atoms with Crippen LogP contribution in [0.5, 0.6) is 0 Å². The maximum absolute atomic E-state index is 11.9. The fourth-order valence-electron chi connectivity index (χ4n) is 2.12. The van der Waals surface area contributed by atoms with E-state index in [1.54, 1.807) is 25.1 Å². The summed E-state index contributed by atoms with van der Waals surface area (Å²) in [5.74, 6) is -0.752. The summed E-state index contributed by atoms with van der Waals surface area (Å²) in [7, 11) is -3.91. The second-order valence-electron chi connectivity index (χ2n) is 5.28. The van der Waals surface area contributed by atoms with Crippen molar-refractivity contribution in [1.29, 1.82) is 5.26 Å². The molecule has 0 fully saturated rings. The molecule has 0 radical (unpaired) electrons. The van der Waals surface area contributed by atoms with E-state index in [4.69, 9.17) is 14.4 Å². The van der Waals surface area contributed by atoms with E-state index in [-0.39, 0.29) is 22.8 Å². The SMILES string of the molecule is CCOC(=O)/C(C#N)=C/c1ccc(-c2ccc(S(=O)(=O)NC(C)=O)cc2)o1. The van der Waals surface area contributed by atoms with Crippen LogP contribution in [-0.4, -0.2) is 26.9 Å². The van der Waals surface area contributed by atoms with Crippen LogP contribution >= 0.6 is 0 Å². The number of benzene rings is 1. The summed E-state index contributed by atoms with van der Waals surface area (Å²) in [5.41, 5.74) is 0.376. The van der Waals surface area contributed by atoms with Gasteiger partial charge in [0.2, 0.25) is 5.91 Å². The molecule has 0 aliphatic heterocycles. The number of hydrogen-bond donors (Lipinski definition) is 1. The molecule has 8 nitrogen and oxygen atoms in total. The Balaban J connectivity index is 2.25. The lowest BCUT2D eigenvalue weighted by molar-refractivity contribution is -0.137. The van der Waals surface area contributed by atoms with E-state index in [1.165, 1.54) is 30.3 Å². The number of nitrogens with one attached hydrogen (secondary N) is 1. The fraction of sp³-hybridized carbons (Fsp3) is 0.167. The quantitative estimate of drug-likeness (QED) is 0.457. The highest BCUT2D eigenvalue weighted by Crippen LogP contribution is 2.25. The van der Waals surface area contributed by atoms with Gasteiger partial charge >= 0.3 is 5.97 Å². The number of amides is 1. The lowest BCUT2D eigenvalue weighted by Crippen LogP contribution is -2.28. The Bertz CT molecular complexity index is 1030. The van der Waals surface area contributed by atoms with Crippen molar-refractivity contribution in [3.05, 3.63) is 47.7 Å². The molecule has 0 unspecified atom stereocenters. The zero-order valence-corrected chi connectivity index (χ0v) is 15.4. The smallest absolute Gasteiger partial charge is 0.349 e. The van der Waals surface area contributed by atoms with Crippen LogP contribution in [0.25, 0.3) is 17.4 Å². The van der Waals surface area contributed by atoms with Gasteiger partial charge in [0.25, 0.3) is 10.0 Å². The number of hydrogen-bond acceptors (Lipinski definition) is 7. The molecule has 2 rings (SSSR count). The summed E-state index contributed by atoms with van der Waals surface area (Å²) in [4.78, 5) is 22.5. The van der Waals surface area contributed by atoms with Gasteiger partial charge in [-0.05, 0) is 43.3 Å². The van der Waals surface area contributed by atoms with Crippen LogP contribution in [0.4, 0.5) is 0 Å². The van der Waals surface area contributed by atoms with Crippen molar-refractivity contribution in [3.63, 3.8) is 0 Å². The van der Waals surface area contributed by atoms with Gasteiger partial charge in [0.1, 0.15) is 23.2 Å². The van der Waals surface area contributed by atoms with Crippen LogP contribution in [0.3, 0.4) is 0 Å². The fourth-order valence-corrected chi connectivity index (χ4v) is 3.11. The molecular weight excluding hydrogens is 372 g/mol. The lowest BCUT2D eigenvalue weighted by atomic mass is 10.2. The number of furan rings is 1. The maximum Gasteiger partial charge on any atom is 0.349 e. The van der Waals surface area contributed by atoms with E-state index < -0.39 is 21.9 Å². The second-order valence-corrected chi connectivity index (χ2v) is 6.96. The zero-order valence-electron chi connectivity index (χ0n) is 14.6. The number of ether oxygens (including phenoxy) is 1. The van der Waals surface area contributed by atoms with Crippen molar-refractivity contribution in [2.45, 2.75) is 18.7 Å². The van der Waals surface area contributed by atoms with E-state index in [1.807, 2.05) is 4.72 Å². The number of carbonyl (C=O) groups excluding carboxylic acids is 2. The average molecular weight is 388 g/mol. The van der Waals surface area contributed by atoms with E-state index in [0.29, 0.717) is 11.3 Å². The van der Waals surface area contributed by atoms with Gasteiger partial charge in [-0.3, -0.25) is 4.79 Å². The first kappa shape index (κ1) is 19.9. The van der Waals surface area contributed by atoms with E-state index in [0.717, 1.165) is 6.92 Å². The lowest BCUT2D eigenvalue weighted by Gasteiger charge is -2.05. The predicted octanol–water partition coefficient (Wildman–Crippen LogP) is 2.24. The molecule has 0 saturated heterocycles. The van der Waals surface area contributed by atoms with Gasteiger partial charge < -0.3 is 9.15 Å². The van der Waals surface area contributed by atoms with Crippen LogP contribution in [0.2, 0.25) is 0 Å². The Hall–Kier alpha value is -3.38. The summed E-state index contributed by atoms with van der Waals surface area (Å²) in [5, 5.41) is 9.03. The van der Waals surface area contributed by atoms with E-state index in [2.05, 4.69) is 0 Å². The molecule has 1 heterocycles. The number of sulfonamides is 1. The highest BCUT2D eigenvalue weighted by molar-refractivity contribution is 7.90. The maximum atomic E-state index is 11.9. The van der Waals surface area contributed by atoms with Crippen LogP contribution in [0.15, 0.2) is 51.3 Å². The third kappa shape index (κ3) is 5.05. The molecule has 1 aromatic carbocycles. The van der Waals surface area contributed by atoms with E-state index in [9.17, 15) is 18.0 Å². The first-order valence-electron chi connectivity index (χ1n) is 7.79. The molecule has 27 heavy (non-hydrogen) atoms. The van der Waals surface area contributed by atoms with Crippen molar-refractivity contribution in [2.75, 3.05) is 6.61 Å². The van der Waals surface area contributed by atoms with Crippen LogP contribution < -0.4 is 4.72 Å². The molecule has 0 aliphatic carbocycles. The van der Waals surface area contributed by atoms with Crippen molar-refractivity contribution >= 4 is 28.0 Å². The molecule has 9 heteroatoms. The van der Waals surface area contributed by atoms with Crippen LogP contribution in [0, 0.1) is 11.3 Å². The van der Waals surface area contributed by atoms with Gasteiger partial charge in [-0.15, -0.1) is 0 Å². The second kappa shape index (κ2) is 8.33. The molecular formula is C18H16N2O6S. The Morgan fingerprint density at radius 2 is 1.89 bits per heavy atom. The predicted molar refractivity (Wildman–Crippen MR) is 95.4 cm³/mol. The number of carbonyl (C=O) groups is 2. The molecule has 0 saturated carbocycles. The normalized spacial score (nSPS) is 11.5. The number of nitrogens with zero attached hydrogens (tertiary/aromatic N) is 1. The van der Waals surface area contributed by atoms with Crippen molar-refractivity contribution in [1.82, 2.24) is 4.72 Å². The first-order valence-corrected chi connectivity index (χ1v) is 9.27. The molecule has 140 valence electrons. The van der Waals surface area contributed by atoms with Gasteiger partial charge in [0.15, 0.2) is 0 Å². The number of rotatable bonds is 6.